The molecule has 1 aliphatic heterocycles. The molecule has 0 atom stereocenters. The number of carbonyl (C=O) groups is 1. The number of ether oxygens (including phenoxy) is 1. The molecule has 2 aliphatic rings. The molecule has 1 amide bonds. The molecular formula is C27H31F2N7O2. The van der Waals surface area contributed by atoms with Crippen LogP contribution in [0.15, 0.2) is 24.4 Å². The van der Waals surface area contributed by atoms with Crippen molar-refractivity contribution >= 4 is 11.9 Å². The third-order valence-corrected chi connectivity index (χ3v) is 6.94. The lowest BCUT2D eigenvalue weighted by molar-refractivity contribution is 0.0756. The predicted molar refractivity (Wildman–Crippen MR) is 137 cm³/mol. The van der Waals surface area contributed by atoms with Crippen molar-refractivity contribution in [1.82, 2.24) is 24.6 Å². The second kappa shape index (κ2) is 9.77. The van der Waals surface area contributed by atoms with Crippen molar-refractivity contribution in [3.8, 4) is 22.8 Å². The Labute approximate surface area is 219 Å². The van der Waals surface area contributed by atoms with E-state index in [1.165, 1.54) is 18.2 Å². The van der Waals surface area contributed by atoms with Crippen LogP contribution in [0, 0.1) is 23.0 Å². The normalized spacial score (nSPS) is 15.7. The number of hydrogen-bond acceptors (Lipinski definition) is 6. The molecule has 38 heavy (non-hydrogen) atoms. The summed E-state index contributed by atoms with van der Waals surface area (Å²) >= 11 is 0. The lowest BCUT2D eigenvalue weighted by Gasteiger charge is -2.35. The van der Waals surface area contributed by atoms with E-state index in [1.54, 1.807) is 10.9 Å². The summed E-state index contributed by atoms with van der Waals surface area (Å²) in [5.41, 5.74) is 7.81. The maximum absolute atomic E-state index is 14.5. The summed E-state index contributed by atoms with van der Waals surface area (Å²) in [4.78, 5) is 23.0. The number of hydrogen-bond donors (Lipinski definition) is 2. The molecule has 2 aromatic heterocycles. The van der Waals surface area contributed by atoms with Gasteiger partial charge in [0.05, 0.1) is 17.0 Å². The van der Waals surface area contributed by atoms with Crippen LogP contribution in [0.4, 0.5) is 8.78 Å². The molecule has 0 saturated carbocycles. The number of primary amides is 1. The van der Waals surface area contributed by atoms with Crippen LogP contribution in [0.2, 0.25) is 0 Å². The Morgan fingerprint density at radius 3 is 2.50 bits per heavy atom. The van der Waals surface area contributed by atoms with Crippen LogP contribution < -0.4 is 5.73 Å². The maximum Gasteiger partial charge on any atom is 0.284 e. The number of likely N-dealkylation sites (tertiary alicyclic amines) is 1. The standard InChI is InChI=1S/C27H31F2N7O2/c1-27(2,3)38-26(31)35-11-9-15(10-12-35)14-36-23-17(22(34-36)24(30)37)8-7-16-13-32-25(33-21(16)23)20-18(28)5-4-6-19(20)29/h4-6,13,15,31H,7-12,14H2,1-3H3,(H2,30,37). The number of nitrogens with one attached hydrogen (secondary N) is 1. The molecular weight excluding hydrogens is 492 g/mol. The van der Waals surface area contributed by atoms with Crippen molar-refractivity contribution in [1.29, 1.82) is 5.41 Å². The molecule has 11 heteroatoms. The number of nitrogens with zero attached hydrogens (tertiary/aromatic N) is 5. The molecule has 1 saturated heterocycles. The first kappa shape index (κ1) is 25.7. The first-order chi connectivity index (χ1) is 18.0. The Morgan fingerprint density at radius 2 is 1.87 bits per heavy atom. The Hall–Kier alpha value is -3.89. The summed E-state index contributed by atoms with van der Waals surface area (Å²) in [5, 5.41) is 12.8. The summed E-state index contributed by atoms with van der Waals surface area (Å²) in [7, 11) is 0. The van der Waals surface area contributed by atoms with Gasteiger partial charge in [0.2, 0.25) is 0 Å². The summed E-state index contributed by atoms with van der Waals surface area (Å²) in [6.45, 7) is 7.60. The predicted octanol–water partition coefficient (Wildman–Crippen LogP) is 3.94. The van der Waals surface area contributed by atoms with Gasteiger partial charge in [0.1, 0.15) is 17.2 Å². The number of amides is 1. The van der Waals surface area contributed by atoms with Crippen LogP contribution in [0.3, 0.4) is 0 Å². The largest absolute Gasteiger partial charge is 0.460 e. The van der Waals surface area contributed by atoms with Gasteiger partial charge in [0, 0.05) is 31.4 Å². The number of benzene rings is 1. The molecule has 1 aromatic carbocycles. The fraction of sp³-hybridized carbons (Fsp3) is 0.444. The van der Waals surface area contributed by atoms with E-state index < -0.39 is 23.1 Å². The molecule has 1 fully saturated rings. The van der Waals surface area contributed by atoms with Gasteiger partial charge in [-0.3, -0.25) is 14.9 Å². The second-order valence-corrected chi connectivity index (χ2v) is 10.8. The number of nitrogens with two attached hydrogens (primary N) is 1. The Morgan fingerprint density at radius 1 is 1.18 bits per heavy atom. The Bertz CT molecular complexity index is 1380. The van der Waals surface area contributed by atoms with Gasteiger partial charge in [-0.15, -0.1) is 0 Å². The molecule has 0 bridgehead atoms. The van der Waals surface area contributed by atoms with Crippen molar-refractivity contribution in [3.63, 3.8) is 0 Å². The molecule has 0 unspecified atom stereocenters. The number of aromatic nitrogens is 4. The van der Waals surface area contributed by atoms with Gasteiger partial charge in [-0.2, -0.15) is 5.10 Å². The summed E-state index contributed by atoms with van der Waals surface area (Å²) in [5.74, 6) is -1.96. The number of amidine groups is 1. The zero-order valence-corrected chi connectivity index (χ0v) is 21.7. The summed E-state index contributed by atoms with van der Waals surface area (Å²) < 4.78 is 36.5. The van der Waals surface area contributed by atoms with Crippen molar-refractivity contribution in [2.24, 2.45) is 11.7 Å². The number of rotatable bonds is 4. The lowest BCUT2D eigenvalue weighted by Crippen LogP contribution is -2.42. The molecule has 3 heterocycles. The molecule has 1 aliphatic carbocycles. The van der Waals surface area contributed by atoms with Gasteiger partial charge in [-0.05, 0) is 70.1 Å². The fourth-order valence-electron chi connectivity index (χ4n) is 5.14. The lowest BCUT2D eigenvalue weighted by atomic mass is 9.92. The zero-order chi connectivity index (χ0) is 27.2. The Kier molecular flexibility index (Phi) is 6.62. The fourth-order valence-corrected chi connectivity index (χ4v) is 5.14. The van der Waals surface area contributed by atoms with Gasteiger partial charge < -0.3 is 15.4 Å². The van der Waals surface area contributed by atoms with E-state index in [2.05, 4.69) is 15.1 Å². The van der Waals surface area contributed by atoms with Gasteiger partial charge in [0.15, 0.2) is 11.5 Å². The van der Waals surface area contributed by atoms with Crippen molar-refractivity contribution in [2.75, 3.05) is 13.1 Å². The summed E-state index contributed by atoms with van der Waals surface area (Å²) in [6.07, 6.45) is 4.30. The van der Waals surface area contributed by atoms with Gasteiger partial charge in [-0.25, -0.2) is 18.7 Å². The highest BCUT2D eigenvalue weighted by Gasteiger charge is 2.32. The van der Waals surface area contributed by atoms with Crippen LogP contribution in [-0.4, -0.2) is 55.3 Å². The minimum Gasteiger partial charge on any atom is -0.460 e. The van der Waals surface area contributed by atoms with E-state index in [-0.39, 0.29) is 29.0 Å². The minimum absolute atomic E-state index is 0.0637. The topological polar surface area (TPSA) is 123 Å². The number of fused-ring (bicyclic) bond motifs is 3. The highest BCUT2D eigenvalue weighted by atomic mass is 19.1. The van der Waals surface area contributed by atoms with E-state index in [0.717, 1.165) is 18.4 Å². The number of carbonyl (C=O) groups excluding carboxylic acids is 1. The number of piperidine rings is 1. The number of aryl methyl sites for hydroxylation is 1. The highest BCUT2D eigenvalue weighted by Crippen LogP contribution is 2.36. The maximum atomic E-state index is 14.5. The first-order valence-electron chi connectivity index (χ1n) is 12.7. The van der Waals surface area contributed by atoms with E-state index in [4.69, 9.17) is 15.9 Å². The molecule has 0 spiro atoms. The average molecular weight is 524 g/mol. The van der Waals surface area contributed by atoms with Crippen molar-refractivity contribution in [3.05, 3.63) is 52.9 Å². The van der Waals surface area contributed by atoms with Crippen LogP contribution in [-0.2, 0) is 24.1 Å². The zero-order valence-electron chi connectivity index (χ0n) is 21.7. The van der Waals surface area contributed by atoms with Crippen LogP contribution in [0.25, 0.3) is 22.8 Å². The van der Waals surface area contributed by atoms with Crippen LogP contribution in [0.1, 0.15) is 55.2 Å². The van der Waals surface area contributed by atoms with Gasteiger partial charge in [-0.1, -0.05) is 6.07 Å². The monoisotopic (exact) mass is 523 g/mol. The van der Waals surface area contributed by atoms with Gasteiger partial charge >= 0.3 is 0 Å². The number of halogens is 2. The SMILES string of the molecule is CC(C)(C)OC(=N)N1CCC(Cn2nc(C(N)=O)c3c2-c2nc(-c4c(F)cccc4F)ncc2CC3)CC1. The average Bonchev–Trinajstić information content (AvgIpc) is 3.22. The molecule has 200 valence electrons. The van der Waals surface area contributed by atoms with Crippen molar-refractivity contribution in [2.45, 2.75) is 58.6 Å². The molecule has 5 rings (SSSR count). The smallest absolute Gasteiger partial charge is 0.284 e. The molecule has 3 N–H and O–H groups in total. The molecule has 0 radical (unpaired) electrons. The minimum atomic E-state index is -0.750. The van der Waals surface area contributed by atoms with E-state index >= 15 is 0 Å². The molecule has 9 nitrogen and oxygen atoms in total. The van der Waals surface area contributed by atoms with E-state index in [1.807, 2.05) is 25.7 Å². The highest BCUT2D eigenvalue weighted by molar-refractivity contribution is 5.94. The van der Waals surface area contributed by atoms with E-state index in [9.17, 15) is 13.6 Å². The first-order valence-corrected chi connectivity index (χ1v) is 12.7. The van der Waals surface area contributed by atoms with Crippen LogP contribution in [0.5, 0.6) is 0 Å². The van der Waals surface area contributed by atoms with Gasteiger partial charge in [0.25, 0.3) is 11.9 Å². The second-order valence-electron chi connectivity index (χ2n) is 10.8. The summed E-state index contributed by atoms with van der Waals surface area (Å²) in [6, 6.07) is 3.80. The van der Waals surface area contributed by atoms with E-state index in [0.29, 0.717) is 49.4 Å². The Balaban J connectivity index is 1.45. The quantitative estimate of drug-likeness (QED) is 0.394. The third kappa shape index (κ3) is 4.97. The third-order valence-electron chi connectivity index (χ3n) is 6.94. The molecule has 3 aromatic rings. The van der Waals surface area contributed by atoms with Crippen LogP contribution >= 0.6 is 0 Å². The van der Waals surface area contributed by atoms with Crippen molar-refractivity contribution < 1.29 is 18.3 Å².